The molecule has 2 aromatic carbocycles. The van der Waals surface area contributed by atoms with E-state index in [1.165, 1.54) is 17.3 Å². The Morgan fingerprint density at radius 2 is 1.64 bits per heavy atom. The SMILES string of the molecule is Cc1nc2c(F)cc(-c3nc(Nc4ccc(CC5CCN(C6CCN(c7ccc(NC8CCC(=O)NC8=O)cc7)CC6)CC5)cn4)ncc3F)cc2n1C(C)C. The Balaban J connectivity index is 0.807. The summed E-state index contributed by atoms with van der Waals surface area (Å²) >= 11 is 0. The fourth-order valence-corrected chi connectivity index (χ4v) is 8.57. The van der Waals surface area contributed by atoms with E-state index in [0.29, 0.717) is 47.5 Å². The summed E-state index contributed by atoms with van der Waals surface area (Å²) in [5.74, 6) is 0.355. The van der Waals surface area contributed by atoms with Crippen LogP contribution in [-0.2, 0) is 16.0 Å². The predicted octanol–water partition coefficient (Wildman–Crippen LogP) is 6.94. The molecule has 0 radical (unpaired) electrons. The number of pyridine rings is 1. The van der Waals surface area contributed by atoms with Gasteiger partial charge in [0.2, 0.25) is 17.8 Å². The smallest absolute Gasteiger partial charge is 0.249 e. The van der Waals surface area contributed by atoms with Crippen LogP contribution < -0.4 is 20.9 Å². The Morgan fingerprint density at radius 1 is 0.875 bits per heavy atom. The molecule has 6 heterocycles. The van der Waals surface area contributed by atoms with Crippen LogP contribution in [-0.4, -0.2) is 79.5 Å². The average molecular weight is 763 g/mol. The zero-order valence-corrected chi connectivity index (χ0v) is 32.1. The van der Waals surface area contributed by atoms with Gasteiger partial charge in [0.25, 0.3) is 0 Å². The minimum Gasteiger partial charge on any atom is -0.374 e. The van der Waals surface area contributed by atoms with Crippen molar-refractivity contribution in [3.63, 3.8) is 0 Å². The summed E-state index contributed by atoms with van der Waals surface area (Å²) in [4.78, 5) is 46.2. The summed E-state index contributed by atoms with van der Waals surface area (Å²) in [5, 5.41) is 8.74. The van der Waals surface area contributed by atoms with E-state index in [0.717, 1.165) is 70.2 Å². The number of amides is 2. The number of benzene rings is 2. The van der Waals surface area contributed by atoms with Crippen LogP contribution in [0.2, 0.25) is 0 Å². The fraction of sp³-hybridized carbons (Fsp3) is 0.429. The van der Waals surface area contributed by atoms with Gasteiger partial charge in [0, 0.05) is 54.7 Å². The molecule has 3 saturated heterocycles. The molecule has 3 fully saturated rings. The van der Waals surface area contributed by atoms with Crippen molar-refractivity contribution in [3.05, 3.63) is 83.9 Å². The van der Waals surface area contributed by atoms with Crippen LogP contribution in [0.15, 0.2) is 60.9 Å². The Kier molecular flexibility index (Phi) is 10.6. The number of imidazole rings is 1. The number of rotatable bonds is 10. The molecule has 2 amide bonds. The number of aryl methyl sites for hydroxylation is 1. The molecule has 0 aliphatic carbocycles. The lowest BCUT2D eigenvalue weighted by Gasteiger charge is -2.42. The molecule has 12 nitrogen and oxygen atoms in total. The molecular weight excluding hydrogens is 715 g/mol. The molecular formula is C42H48F2N10O2. The van der Waals surface area contributed by atoms with E-state index in [4.69, 9.17) is 0 Å². The van der Waals surface area contributed by atoms with Gasteiger partial charge in [-0.05, 0) is 126 Å². The summed E-state index contributed by atoms with van der Waals surface area (Å²) in [6, 6.07) is 15.5. The van der Waals surface area contributed by atoms with Crippen molar-refractivity contribution in [1.82, 2.24) is 34.7 Å². The summed E-state index contributed by atoms with van der Waals surface area (Å²) in [6.45, 7) is 10.1. The molecule has 0 bridgehead atoms. The summed E-state index contributed by atoms with van der Waals surface area (Å²) in [6.07, 6.45) is 9.37. The molecule has 3 aliphatic rings. The van der Waals surface area contributed by atoms with Gasteiger partial charge in [-0.25, -0.2) is 28.7 Å². The average Bonchev–Trinajstić information content (AvgIpc) is 3.54. The van der Waals surface area contributed by atoms with E-state index in [1.807, 2.05) is 49.7 Å². The summed E-state index contributed by atoms with van der Waals surface area (Å²) in [5.41, 5.74) is 4.40. The Hall–Kier alpha value is -5.50. The van der Waals surface area contributed by atoms with Crippen LogP contribution >= 0.6 is 0 Å². The van der Waals surface area contributed by atoms with E-state index in [1.54, 1.807) is 6.07 Å². The molecule has 5 aromatic rings. The maximum Gasteiger partial charge on any atom is 0.249 e. The number of nitrogens with one attached hydrogen (secondary N) is 3. The Bertz CT molecular complexity index is 2210. The first-order valence-corrected chi connectivity index (χ1v) is 19.7. The number of hydrogen-bond donors (Lipinski definition) is 3. The highest BCUT2D eigenvalue weighted by Gasteiger charge is 2.29. The third-order valence-corrected chi connectivity index (χ3v) is 11.5. The van der Waals surface area contributed by atoms with Crippen molar-refractivity contribution in [3.8, 4) is 11.3 Å². The highest BCUT2D eigenvalue weighted by atomic mass is 19.1. The minimum absolute atomic E-state index is 0.00107. The van der Waals surface area contributed by atoms with Gasteiger partial charge < -0.3 is 25.0 Å². The third kappa shape index (κ3) is 8.06. The van der Waals surface area contributed by atoms with Gasteiger partial charge in [-0.2, -0.15) is 0 Å². The van der Waals surface area contributed by atoms with Crippen LogP contribution in [0.5, 0.6) is 0 Å². The minimum atomic E-state index is -0.647. The van der Waals surface area contributed by atoms with Crippen molar-refractivity contribution in [2.24, 2.45) is 5.92 Å². The second-order valence-electron chi connectivity index (χ2n) is 15.6. The van der Waals surface area contributed by atoms with Crippen LogP contribution in [0, 0.1) is 24.5 Å². The molecule has 56 heavy (non-hydrogen) atoms. The number of hydrogen-bond acceptors (Lipinski definition) is 10. The van der Waals surface area contributed by atoms with Crippen molar-refractivity contribution >= 4 is 46.0 Å². The molecule has 3 aromatic heterocycles. The van der Waals surface area contributed by atoms with E-state index < -0.39 is 11.6 Å². The zero-order valence-electron chi connectivity index (χ0n) is 32.1. The Labute approximate surface area is 325 Å². The second kappa shape index (κ2) is 15.9. The topological polar surface area (TPSA) is 133 Å². The highest BCUT2D eigenvalue weighted by Crippen LogP contribution is 2.32. The quantitative estimate of drug-likeness (QED) is 0.129. The number of likely N-dealkylation sites (tertiary alicyclic amines) is 1. The maximum absolute atomic E-state index is 15.1. The summed E-state index contributed by atoms with van der Waals surface area (Å²) in [7, 11) is 0. The third-order valence-electron chi connectivity index (χ3n) is 11.5. The number of piperidine rings is 3. The molecule has 14 heteroatoms. The number of nitrogens with zero attached hydrogens (tertiary/aromatic N) is 7. The van der Waals surface area contributed by atoms with E-state index in [9.17, 15) is 9.59 Å². The van der Waals surface area contributed by atoms with Crippen molar-refractivity contribution < 1.29 is 18.4 Å². The van der Waals surface area contributed by atoms with Gasteiger partial charge in [0.1, 0.15) is 28.9 Å². The van der Waals surface area contributed by atoms with E-state index >= 15 is 8.78 Å². The number of halogens is 2. The molecule has 1 unspecified atom stereocenters. The number of carbonyl (C=O) groups excluding carboxylic acids is 2. The van der Waals surface area contributed by atoms with E-state index in [2.05, 4.69) is 63.9 Å². The second-order valence-corrected chi connectivity index (χ2v) is 15.6. The number of imide groups is 1. The van der Waals surface area contributed by atoms with Gasteiger partial charge in [0.15, 0.2) is 11.6 Å². The van der Waals surface area contributed by atoms with E-state index in [-0.39, 0.29) is 41.1 Å². The highest BCUT2D eigenvalue weighted by molar-refractivity contribution is 6.01. The summed E-state index contributed by atoms with van der Waals surface area (Å²) < 4.78 is 32.1. The lowest BCUT2D eigenvalue weighted by atomic mass is 9.89. The lowest BCUT2D eigenvalue weighted by Crippen LogP contribution is -2.48. The van der Waals surface area contributed by atoms with Crippen molar-refractivity contribution in [1.29, 1.82) is 0 Å². The fourth-order valence-electron chi connectivity index (χ4n) is 8.57. The van der Waals surface area contributed by atoms with Crippen LogP contribution in [0.4, 0.5) is 31.9 Å². The number of carbonyl (C=O) groups is 2. The van der Waals surface area contributed by atoms with Gasteiger partial charge >= 0.3 is 0 Å². The van der Waals surface area contributed by atoms with Gasteiger partial charge in [-0.1, -0.05) is 6.07 Å². The number of fused-ring (bicyclic) bond motifs is 1. The first kappa shape index (κ1) is 37.4. The lowest BCUT2D eigenvalue weighted by molar-refractivity contribution is -0.133. The standard InChI is InChI=1S/C42H48F2N10O2/c1-25(2)54-26(3)47-40-33(43)21-29(22-36(40)54)39-34(44)24-46-42(51-39)49-37-10-4-28(23-45-37)20-27-12-16-52(17-13-27)32-14-18-53(19-15-32)31-7-5-30(6-8-31)48-35-9-11-38(55)50-41(35)56/h4-8,10,21-25,27,32,35,48H,9,11-20H2,1-3H3,(H,50,55,56)(H,45,46,49,51). The molecule has 0 spiro atoms. The molecule has 0 saturated carbocycles. The number of anilines is 4. The predicted molar refractivity (Wildman–Crippen MR) is 213 cm³/mol. The molecule has 8 rings (SSSR count). The van der Waals surface area contributed by atoms with Crippen LogP contribution in [0.1, 0.15) is 69.8 Å². The molecule has 292 valence electrons. The van der Waals surface area contributed by atoms with Gasteiger partial charge in [0.05, 0.1) is 11.7 Å². The molecule has 3 N–H and O–H groups in total. The van der Waals surface area contributed by atoms with Crippen LogP contribution in [0.25, 0.3) is 22.3 Å². The normalized spacial score (nSPS) is 18.8. The maximum atomic E-state index is 15.1. The molecule has 1 atom stereocenters. The first-order chi connectivity index (χ1) is 27.1. The van der Waals surface area contributed by atoms with Gasteiger partial charge in [-0.15, -0.1) is 0 Å². The molecule has 3 aliphatic heterocycles. The van der Waals surface area contributed by atoms with Gasteiger partial charge in [-0.3, -0.25) is 14.9 Å². The first-order valence-electron chi connectivity index (χ1n) is 19.7. The van der Waals surface area contributed by atoms with Crippen molar-refractivity contribution in [2.45, 2.75) is 83.8 Å². The van der Waals surface area contributed by atoms with Crippen molar-refractivity contribution in [2.75, 3.05) is 41.7 Å². The zero-order chi connectivity index (χ0) is 38.9. The largest absolute Gasteiger partial charge is 0.374 e. The Morgan fingerprint density at radius 3 is 2.34 bits per heavy atom. The van der Waals surface area contributed by atoms with Crippen LogP contribution in [0.3, 0.4) is 0 Å². The monoisotopic (exact) mass is 762 g/mol. The number of aromatic nitrogens is 5.